The molecule has 0 aliphatic heterocycles. The van der Waals surface area contributed by atoms with Crippen LogP contribution in [0.25, 0.3) is 0 Å². The molecule has 0 radical (unpaired) electrons. The van der Waals surface area contributed by atoms with Crippen LogP contribution in [0.5, 0.6) is 5.75 Å². The van der Waals surface area contributed by atoms with Gasteiger partial charge in [0.25, 0.3) is 0 Å². The van der Waals surface area contributed by atoms with Gasteiger partial charge in [-0.05, 0) is 43.3 Å². The van der Waals surface area contributed by atoms with Gasteiger partial charge in [0.05, 0.1) is 18.5 Å². The van der Waals surface area contributed by atoms with Crippen molar-refractivity contribution in [3.05, 3.63) is 60.3 Å². The lowest BCUT2D eigenvalue weighted by molar-refractivity contribution is 0.340. The van der Waals surface area contributed by atoms with E-state index in [1.54, 1.807) is 0 Å². The van der Waals surface area contributed by atoms with Gasteiger partial charge < -0.3 is 15.4 Å². The van der Waals surface area contributed by atoms with Crippen molar-refractivity contribution in [1.82, 2.24) is 15.2 Å². The molecular weight excluding hydrogens is 328 g/mol. The molecule has 0 fully saturated rings. The summed E-state index contributed by atoms with van der Waals surface area (Å²) in [4.78, 5) is 4.20. The van der Waals surface area contributed by atoms with E-state index in [0.29, 0.717) is 6.61 Å². The third-order valence-electron chi connectivity index (χ3n) is 3.17. The molecule has 0 unspecified atom stereocenters. The van der Waals surface area contributed by atoms with Gasteiger partial charge >= 0.3 is 0 Å². The summed E-state index contributed by atoms with van der Waals surface area (Å²) in [5.41, 5.74) is 0.837. The third kappa shape index (κ3) is 4.37. The van der Waals surface area contributed by atoms with Crippen molar-refractivity contribution in [3.8, 4) is 5.75 Å². The van der Waals surface area contributed by atoms with Crippen molar-refractivity contribution in [2.45, 2.75) is 6.92 Å². The van der Waals surface area contributed by atoms with E-state index in [9.17, 15) is 8.78 Å². The number of halogens is 2. The molecule has 0 bridgehead atoms. The Balaban J connectivity index is 1.72. The topological polar surface area (TPSA) is 72.0 Å². The molecular formula is C17H15F2N5O. The molecule has 3 rings (SSSR count). The first-order valence-electron chi connectivity index (χ1n) is 7.55. The Morgan fingerprint density at radius 2 is 1.84 bits per heavy atom. The maximum atomic E-state index is 13.7. The van der Waals surface area contributed by atoms with Gasteiger partial charge in [-0.2, -0.15) is 10.1 Å². The zero-order valence-corrected chi connectivity index (χ0v) is 13.3. The Labute approximate surface area is 142 Å². The summed E-state index contributed by atoms with van der Waals surface area (Å²) in [6.45, 7) is 2.50. The fraction of sp³-hybridized carbons (Fsp3) is 0.118. The van der Waals surface area contributed by atoms with Gasteiger partial charge in [-0.1, -0.05) is 0 Å². The Bertz CT molecular complexity index is 858. The van der Waals surface area contributed by atoms with Crippen molar-refractivity contribution in [2.75, 3.05) is 17.2 Å². The number of hydrogen-bond acceptors (Lipinski definition) is 6. The smallest absolute Gasteiger partial charge is 0.249 e. The molecule has 0 aliphatic carbocycles. The average Bonchev–Trinajstić information content (AvgIpc) is 2.60. The fourth-order valence-electron chi connectivity index (χ4n) is 2.08. The van der Waals surface area contributed by atoms with Gasteiger partial charge in [0, 0.05) is 11.8 Å². The lowest BCUT2D eigenvalue weighted by Gasteiger charge is -2.09. The second-order valence-electron chi connectivity index (χ2n) is 5.00. The zero-order valence-electron chi connectivity index (χ0n) is 13.3. The molecule has 25 heavy (non-hydrogen) atoms. The first-order chi connectivity index (χ1) is 12.1. The van der Waals surface area contributed by atoms with Crippen LogP contribution >= 0.6 is 0 Å². The van der Waals surface area contributed by atoms with Crippen LogP contribution < -0.4 is 15.4 Å². The van der Waals surface area contributed by atoms with Gasteiger partial charge in [0.15, 0.2) is 5.82 Å². The fourth-order valence-corrected chi connectivity index (χ4v) is 2.08. The second-order valence-corrected chi connectivity index (χ2v) is 5.00. The van der Waals surface area contributed by atoms with E-state index in [4.69, 9.17) is 4.74 Å². The molecule has 0 aliphatic rings. The van der Waals surface area contributed by atoms with Crippen LogP contribution in [-0.2, 0) is 0 Å². The summed E-state index contributed by atoms with van der Waals surface area (Å²) < 4.78 is 32.0. The largest absolute Gasteiger partial charge is 0.494 e. The molecule has 0 saturated carbocycles. The number of aromatic nitrogens is 3. The number of nitrogens with one attached hydrogen (secondary N) is 2. The summed E-state index contributed by atoms with van der Waals surface area (Å²) in [5, 5.41) is 13.4. The summed E-state index contributed by atoms with van der Waals surface area (Å²) in [7, 11) is 0. The minimum atomic E-state index is -0.723. The highest BCUT2D eigenvalue weighted by Crippen LogP contribution is 2.21. The molecule has 0 saturated heterocycles. The molecule has 2 N–H and O–H groups in total. The number of benzene rings is 2. The lowest BCUT2D eigenvalue weighted by atomic mass is 10.3. The quantitative estimate of drug-likeness (QED) is 0.704. The summed E-state index contributed by atoms with van der Waals surface area (Å²) in [6.07, 6.45) is 1.34. The average molecular weight is 343 g/mol. The third-order valence-corrected chi connectivity index (χ3v) is 3.17. The van der Waals surface area contributed by atoms with Crippen LogP contribution in [0.3, 0.4) is 0 Å². The Hall–Kier alpha value is -3.29. The maximum Gasteiger partial charge on any atom is 0.249 e. The molecule has 0 amide bonds. The maximum absolute atomic E-state index is 13.7. The van der Waals surface area contributed by atoms with E-state index in [1.807, 2.05) is 31.2 Å². The molecule has 128 valence electrons. The molecule has 3 aromatic rings. The molecule has 2 aromatic carbocycles. The lowest BCUT2D eigenvalue weighted by Crippen LogP contribution is -2.03. The number of ether oxygens (including phenoxy) is 1. The summed E-state index contributed by atoms with van der Waals surface area (Å²) in [5.74, 6) is -0.110. The Morgan fingerprint density at radius 3 is 2.56 bits per heavy atom. The molecule has 1 heterocycles. The van der Waals surface area contributed by atoms with Gasteiger partial charge in [-0.3, -0.25) is 0 Å². The van der Waals surface area contributed by atoms with Crippen molar-refractivity contribution in [3.63, 3.8) is 0 Å². The van der Waals surface area contributed by atoms with E-state index in [0.717, 1.165) is 23.6 Å². The van der Waals surface area contributed by atoms with Crippen LogP contribution in [-0.4, -0.2) is 21.8 Å². The standard InChI is InChI=1S/C17H15F2N5O/c1-2-25-13-6-4-12(5-7-13)21-17-23-16(10-20-24-17)22-15-8-3-11(18)9-14(15)19/h3-10H,2H2,1H3,(H2,21,22,23,24). The van der Waals surface area contributed by atoms with Crippen molar-refractivity contribution in [1.29, 1.82) is 0 Å². The minimum absolute atomic E-state index is 0.0916. The van der Waals surface area contributed by atoms with Gasteiger partial charge in [0.1, 0.15) is 17.4 Å². The van der Waals surface area contributed by atoms with Crippen molar-refractivity contribution >= 4 is 23.1 Å². The Morgan fingerprint density at radius 1 is 1.04 bits per heavy atom. The SMILES string of the molecule is CCOc1ccc(Nc2nncc(Nc3ccc(F)cc3F)n2)cc1. The molecule has 8 heteroatoms. The van der Waals surface area contributed by atoms with Crippen LogP contribution in [0.15, 0.2) is 48.7 Å². The van der Waals surface area contributed by atoms with Crippen LogP contribution in [0.4, 0.5) is 31.9 Å². The van der Waals surface area contributed by atoms with E-state index >= 15 is 0 Å². The minimum Gasteiger partial charge on any atom is -0.494 e. The van der Waals surface area contributed by atoms with Crippen LogP contribution in [0.1, 0.15) is 6.92 Å². The number of rotatable bonds is 6. The van der Waals surface area contributed by atoms with E-state index in [2.05, 4.69) is 25.8 Å². The predicted octanol–water partition coefficient (Wildman–Crippen LogP) is 4.04. The zero-order chi connectivity index (χ0) is 17.6. The van der Waals surface area contributed by atoms with Gasteiger partial charge in [0.2, 0.25) is 5.95 Å². The van der Waals surface area contributed by atoms with Crippen LogP contribution in [0, 0.1) is 11.6 Å². The number of hydrogen-bond donors (Lipinski definition) is 2. The highest BCUT2D eigenvalue weighted by atomic mass is 19.1. The molecule has 0 spiro atoms. The second kappa shape index (κ2) is 7.52. The molecule has 1 aromatic heterocycles. The monoisotopic (exact) mass is 343 g/mol. The predicted molar refractivity (Wildman–Crippen MR) is 90.4 cm³/mol. The Kier molecular flexibility index (Phi) is 4.98. The van der Waals surface area contributed by atoms with Crippen LogP contribution in [0.2, 0.25) is 0 Å². The summed E-state index contributed by atoms with van der Waals surface area (Å²) in [6, 6.07) is 10.5. The number of anilines is 4. The molecule has 0 atom stereocenters. The highest BCUT2D eigenvalue weighted by molar-refractivity contribution is 5.59. The number of nitrogens with zero attached hydrogens (tertiary/aromatic N) is 3. The van der Waals surface area contributed by atoms with E-state index in [-0.39, 0.29) is 17.5 Å². The molecule has 6 nitrogen and oxygen atoms in total. The first-order valence-corrected chi connectivity index (χ1v) is 7.55. The normalized spacial score (nSPS) is 10.4. The summed E-state index contributed by atoms with van der Waals surface area (Å²) >= 11 is 0. The van der Waals surface area contributed by atoms with Crippen molar-refractivity contribution in [2.24, 2.45) is 0 Å². The van der Waals surface area contributed by atoms with Gasteiger partial charge in [-0.25, -0.2) is 8.78 Å². The van der Waals surface area contributed by atoms with Crippen molar-refractivity contribution < 1.29 is 13.5 Å². The van der Waals surface area contributed by atoms with Gasteiger partial charge in [-0.15, -0.1) is 5.10 Å². The van der Waals surface area contributed by atoms with E-state index in [1.165, 1.54) is 12.3 Å². The first kappa shape index (κ1) is 16.6. The van der Waals surface area contributed by atoms with E-state index < -0.39 is 11.6 Å². The highest BCUT2D eigenvalue weighted by Gasteiger charge is 2.07.